The maximum absolute atomic E-state index is 14.0. The fourth-order valence-electron chi connectivity index (χ4n) is 3.26. The van der Waals surface area contributed by atoms with Crippen LogP contribution in [0.15, 0.2) is 47.6 Å². The Hall–Kier alpha value is -2.31. The molecule has 3 rings (SSSR count). The van der Waals surface area contributed by atoms with Crippen LogP contribution in [0.25, 0.3) is 0 Å². The lowest BCUT2D eigenvalue weighted by Gasteiger charge is -2.20. The van der Waals surface area contributed by atoms with Gasteiger partial charge in [-0.2, -0.15) is 13.2 Å². The van der Waals surface area contributed by atoms with Crippen LogP contribution in [0.5, 0.6) is 5.75 Å². The van der Waals surface area contributed by atoms with Crippen molar-refractivity contribution < 1.29 is 22.3 Å². The summed E-state index contributed by atoms with van der Waals surface area (Å²) >= 11 is 0. The highest BCUT2D eigenvalue weighted by Gasteiger charge is 2.28. The Morgan fingerprint density at radius 2 is 2.09 bits per heavy atom. The fraction of sp³-hybridized carbons (Fsp3) is 0.429. The Morgan fingerprint density at radius 3 is 2.81 bits per heavy atom. The molecule has 2 aromatic rings. The number of anilines is 1. The van der Waals surface area contributed by atoms with Crippen LogP contribution in [0.1, 0.15) is 18.9 Å². The lowest BCUT2D eigenvalue weighted by atomic mass is 10.2. The third-order valence-corrected chi connectivity index (χ3v) is 4.63. The third kappa shape index (κ3) is 7.99. The van der Waals surface area contributed by atoms with Crippen LogP contribution in [0.4, 0.5) is 23.4 Å². The van der Waals surface area contributed by atoms with Crippen LogP contribution >= 0.6 is 24.0 Å². The molecule has 176 valence electrons. The summed E-state index contributed by atoms with van der Waals surface area (Å²) in [4.78, 5) is 10.5. The summed E-state index contributed by atoms with van der Waals surface area (Å²) in [7, 11) is 0. The summed E-state index contributed by atoms with van der Waals surface area (Å²) in [6.07, 6.45) is -2.03. The van der Waals surface area contributed by atoms with E-state index in [2.05, 4.69) is 20.6 Å². The van der Waals surface area contributed by atoms with Crippen molar-refractivity contribution >= 4 is 35.8 Å². The molecule has 1 aromatic carbocycles. The molecule has 1 aliphatic heterocycles. The quantitative estimate of drug-likeness (QED) is 0.228. The van der Waals surface area contributed by atoms with Gasteiger partial charge in [-0.05, 0) is 43.2 Å². The number of guanidine groups is 1. The molecule has 2 N–H and O–H groups in total. The average molecular weight is 567 g/mol. The lowest BCUT2D eigenvalue weighted by Crippen LogP contribution is -2.44. The number of halogens is 5. The molecule has 2 heterocycles. The van der Waals surface area contributed by atoms with Crippen molar-refractivity contribution in [2.45, 2.75) is 32.1 Å². The molecule has 6 nitrogen and oxygen atoms in total. The number of pyridine rings is 1. The topological polar surface area (TPSA) is 61.8 Å². The molecule has 0 amide bonds. The van der Waals surface area contributed by atoms with Crippen molar-refractivity contribution in [1.29, 1.82) is 0 Å². The van der Waals surface area contributed by atoms with E-state index in [4.69, 9.17) is 4.74 Å². The Kier molecular flexibility index (Phi) is 9.79. The number of hydrogen-bond acceptors (Lipinski definition) is 4. The van der Waals surface area contributed by atoms with Gasteiger partial charge in [-0.25, -0.2) is 14.4 Å². The standard InChI is InChI=1S/C21H25F4N5O.HI/c1-2-26-20(28-12-15-5-3-6-17(11-15)31-14-21(23,24)25)29-16-8-10-30(13-16)19-18(22)7-4-9-27-19;/h3-7,9,11,16H,2,8,10,12-14H2,1H3,(H2,26,28,29);1H. The maximum Gasteiger partial charge on any atom is 0.422 e. The minimum atomic E-state index is -4.39. The number of aromatic nitrogens is 1. The normalized spacial score (nSPS) is 16.5. The number of aliphatic imine (C=N–C) groups is 1. The first kappa shape index (κ1) is 25.9. The first-order chi connectivity index (χ1) is 14.8. The summed E-state index contributed by atoms with van der Waals surface area (Å²) in [5.74, 6) is 0.713. The van der Waals surface area contributed by atoms with Crippen LogP contribution in [-0.2, 0) is 6.54 Å². The number of rotatable bonds is 7. The van der Waals surface area contributed by atoms with Crippen LogP contribution < -0.4 is 20.3 Å². The molecular weight excluding hydrogens is 541 g/mol. The van der Waals surface area contributed by atoms with Gasteiger partial charge in [-0.15, -0.1) is 24.0 Å². The van der Waals surface area contributed by atoms with Crippen molar-refractivity contribution in [3.63, 3.8) is 0 Å². The van der Waals surface area contributed by atoms with E-state index < -0.39 is 12.8 Å². The first-order valence-electron chi connectivity index (χ1n) is 10.0. The maximum atomic E-state index is 14.0. The van der Waals surface area contributed by atoms with Gasteiger partial charge < -0.3 is 20.3 Å². The second-order valence-electron chi connectivity index (χ2n) is 7.13. The highest BCUT2D eigenvalue weighted by molar-refractivity contribution is 14.0. The minimum absolute atomic E-state index is 0. The predicted octanol–water partition coefficient (Wildman–Crippen LogP) is 4.11. The van der Waals surface area contributed by atoms with E-state index in [1.807, 2.05) is 11.8 Å². The predicted molar refractivity (Wildman–Crippen MR) is 126 cm³/mol. The Bertz CT molecular complexity index is 896. The summed E-state index contributed by atoms with van der Waals surface area (Å²) in [6.45, 7) is 2.77. The second kappa shape index (κ2) is 12.1. The molecule has 1 atom stereocenters. The van der Waals surface area contributed by atoms with Crippen molar-refractivity contribution in [1.82, 2.24) is 15.6 Å². The number of alkyl halides is 3. The van der Waals surface area contributed by atoms with E-state index >= 15 is 0 Å². The molecule has 0 aliphatic carbocycles. The zero-order valence-corrected chi connectivity index (χ0v) is 19.9. The van der Waals surface area contributed by atoms with Crippen LogP contribution in [0.2, 0.25) is 0 Å². The number of nitrogens with one attached hydrogen (secondary N) is 2. The molecule has 1 saturated heterocycles. The van der Waals surface area contributed by atoms with Crippen molar-refractivity contribution in [2.75, 3.05) is 31.1 Å². The van der Waals surface area contributed by atoms with Gasteiger partial charge in [0.2, 0.25) is 0 Å². The Morgan fingerprint density at radius 1 is 1.28 bits per heavy atom. The zero-order valence-electron chi connectivity index (χ0n) is 17.5. The van der Waals surface area contributed by atoms with Crippen LogP contribution in [-0.4, -0.2) is 49.4 Å². The first-order valence-corrected chi connectivity index (χ1v) is 10.0. The van der Waals surface area contributed by atoms with E-state index in [0.29, 0.717) is 31.4 Å². The van der Waals surface area contributed by atoms with E-state index in [0.717, 1.165) is 12.0 Å². The molecule has 32 heavy (non-hydrogen) atoms. The molecule has 0 bridgehead atoms. The number of nitrogens with zero attached hydrogens (tertiary/aromatic N) is 3. The molecule has 0 spiro atoms. The van der Waals surface area contributed by atoms with Crippen molar-refractivity contribution in [3.8, 4) is 5.75 Å². The molecule has 1 fully saturated rings. The molecule has 1 aromatic heterocycles. The summed E-state index contributed by atoms with van der Waals surface area (Å²) in [5.41, 5.74) is 0.723. The molecule has 0 saturated carbocycles. The van der Waals surface area contributed by atoms with Gasteiger partial charge in [0, 0.05) is 31.9 Å². The molecule has 1 unspecified atom stereocenters. The number of hydrogen-bond donors (Lipinski definition) is 2. The van der Waals surface area contributed by atoms with Gasteiger partial charge in [0.25, 0.3) is 0 Å². The highest BCUT2D eigenvalue weighted by atomic mass is 127. The molecule has 1 aliphatic rings. The van der Waals surface area contributed by atoms with Gasteiger partial charge in [-0.1, -0.05) is 12.1 Å². The van der Waals surface area contributed by atoms with Crippen LogP contribution in [0.3, 0.4) is 0 Å². The smallest absolute Gasteiger partial charge is 0.422 e. The van der Waals surface area contributed by atoms with E-state index in [-0.39, 0.29) is 48.1 Å². The molecular formula is C21H26F4IN5O. The highest BCUT2D eigenvalue weighted by Crippen LogP contribution is 2.21. The van der Waals surface area contributed by atoms with Gasteiger partial charge in [-0.3, -0.25) is 0 Å². The van der Waals surface area contributed by atoms with Gasteiger partial charge >= 0.3 is 6.18 Å². The number of ether oxygens (including phenoxy) is 1. The lowest BCUT2D eigenvalue weighted by molar-refractivity contribution is -0.153. The number of benzene rings is 1. The average Bonchev–Trinajstić information content (AvgIpc) is 3.19. The minimum Gasteiger partial charge on any atom is -0.484 e. The van der Waals surface area contributed by atoms with Gasteiger partial charge in [0.1, 0.15) is 5.75 Å². The van der Waals surface area contributed by atoms with E-state index in [1.165, 1.54) is 12.1 Å². The van der Waals surface area contributed by atoms with Gasteiger partial charge in [0.15, 0.2) is 24.2 Å². The summed E-state index contributed by atoms with van der Waals surface area (Å²) in [6, 6.07) is 9.43. The summed E-state index contributed by atoms with van der Waals surface area (Å²) < 4.78 is 55.8. The van der Waals surface area contributed by atoms with Crippen molar-refractivity contribution in [2.24, 2.45) is 4.99 Å². The monoisotopic (exact) mass is 567 g/mol. The Balaban J connectivity index is 0.00000363. The second-order valence-corrected chi connectivity index (χ2v) is 7.13. The third-order valence-electron chi connectivity index (χ3n) is 4.63. The SMILES string of the molecule is CCNC(=NCc1cccc(OCC(F)(F)F)c1)NC1CCN(c2ncccc2F)C1.I. The van der Waals surface area contributed by atoms with Gasteiger partial charge in [0.05, 0.1) is 6.54 Å². The molecule has 11 heteroatoms. The zero-order chi connectivity index (χ0) is 22.3. The molecule has 0 radical (unpaired) electrons. The van der Waals surface area contributed by atoms with E-state index in [1.54, 1.807) is 30.5 Å². The Labute approximate surface area is 201 Å². The fourth-order valence-corrected chi connectivity index (χ4v) is 3.26. The van der Waals surface area contributed by atoms with E-state index in [9.17, 15) is 17.6 Å². The van der Waals surface area contributed by atoms with Crippen molar-refractivity contribution in [3.05, 3.63) is 54.0 Å². The largest absolute Gasteiger partial charge is 0.484 e. The van der Waals surface area contributed by atoms with Crippen LogP contribution in [0, 0.1) is 5.82 Å². The summed E-state index contributed by atoms with van der Waals surface area (Å²) in [5, 5.41) is 6.49.